The fourth-order valence-corrected chi connectivity index (χ4v) is 1.34. The summed E-state index contributed by atoms with van der Waals surface area (Å²) in [6.45, 7) is 0. The maximum atomic E-state index is 10.8. The van der Waals surface area contributed by atoms with E-state index >= 15 is 0 Å². The molecule has 0 saturated heterocycles. The van der Waals surface area contributed by atoms with Gasteiger partial charge >= 0.3 is 0 Å². The topological polar surface area (TPSA) is 26.3 Å². The van der Waals surface area contributed by atoms with Gasteiger partial charge in [0, 0.05) is 0 Å². The van der Waals surface area contributed by atoms with E-state index in [1.807, 2.05) is 0 Å². The molecule has 4 heteroatoms. The van der Waals surface area contributed by atoms with Crippen LogP contribution in [0.15, 0.2) is 24.3 Å². The van der Waals surface area contributed by atoms with Crippen LogP contribution >= 0.6 is 27.5 Å². The Balaban J connectivity index is 2.85. The predicted molar refractivity (Wildman–Crippen MR) is 55.5 cm³/mol. The average molecular weight is 264 g/mol. The van der Waals surface area contributed by atoms with Crippen molar-refractivity contribution in [2.45, 2.75) is 4.83 Å². The maximum absolute atomic E-state index is 10.8. The van der Waals surface area contributed by atoms with Gasteiger partial charge in [0.2, 0.25) is 5.24 Å². The van der Waals surface area contributed by atoms with Crippen LogP contribution in [0.2, 0.25) is 0 Å². The van der Waals surface area contributed by atoms with Crippen molar-refractivity contribution in [3.8, 4) is 5.75 Å². The summed E-state index contributed by atoms with van der Waals surface area (Å²) in [5, 5.41) is -0.426. The fourth-order valence-electron chi connectivity index (χ4n) is 0.904. The first-order valence-electron chi connectivity index (χ1n) is 3.62. The van der Waals surface area contributed by atoms with Gasteiger partial charge in [0.25, 0.3) is 0 Å². The number of halogens is 2. The minimum atomic E-state index is -0.444. The molecule has 0 fully saturated rings. The van der Waals surface area contributed by atoms with E-state index in [0.717, 1.165) is 11.3 Å². The Morgan fingerprint density at radius 1 is 1.46 bits per heavy atom. The average Bonchev–Trinajstić information content (AvgIpc) is 2.17. The minimum Gasteiger partial charge on any atom is -0.497 e. The first-order valence-corrected chi connectivity index (χ1v) is 4.92. The van der Waals surface area contributed by atoms with Gasteiger partial charge in [0.1, 0.15) is 10.6 Å². The highest BCUT2D eigenvalue weighted by Gasteiger charge is 2.13. The largest absolute Gasteiger partial charge is 0.497 e. The third-order valence-corrected chi connectivity index (χ3v) is 3.03. The lowest BCUT2D eigenvalue weighted by atomic mass is 10.1. The lowest BCUT2D eigenvalue weighted by molar-refractivity contribution is -0.111. The molecule has 0 aromatic heterocycles. The predicted octanol–water partition coefficient (Wildman–Crippen LogP) is 2.90. The van der Waals surface area contributed by atoms with Crippen LogP contribution in [0.1, 0.15) is 10.4 Å². The number of hydrogen-bond acceptors (Lipinski definition) is 2. The van der Waals surface area contributed by atoms with Crippen molar-refractivity contribution in [3.63, 3.8) is 0 Å². The molecule has 0 heterocycles. The lowest BCUT2D eigenvalue weighted by Crippen LogP contribution is -1.97. The molecule has 0 spiro atoms. The third-order valence-electron chi connectivity index (χ3n) is 1.61. The van der Waals surface area contributed by atoms with Crippen LogP contribution in [0.25, 0.3) is 0 Å². The van der Waals surface area contributed by atoms with Gasteiger partial charge in [-0.3, -0.25) is 4.79 Å². The van der Waals surface area contributed by atoms with E-state index in [1.165, 1.54) is 0 Å². The summed E-state index contributed by atoms with van der Waals surface area (Å²) in [4.78, 5) is 10.3. The molecule has 1 rings (SSSR count). The zero-order valence-electron chi connectivity index (χ0n) is 6.96. The highest BCUT2D eigenvalue weighted by molar-refractivity contribution is 9.09. The number of benzene rings is 1. The molecule has 1 atom stereocenters. The molecular weight excluding hydrogens is 255 g/mol. The van der Waals surface area contributed by atoms with Crippen molar-refractivity contribution in [1.82, 2.24) is 0 Å². The number of alkyl halides is 1. The molecule has 0 radical (unpaired) electrons. The summed E-state index contributed by atoms with van der Waals surface area (Å²) in [5.41, 5.74) is 0.820. The fraction of sp³-hybridized carbons (Fsp3) is 0.222. The summed E-state index contributed by atoms with van der Waals surface area (Å²) in [6.07, 6.45) is 0. The van der Waals surface area contributed by atoms with Crippen LogP contribution in [-0.4, -0.2) is 12.4 Å². The van der Waals surface area contributed by atoms with Gasteiger partial charge < -0.3 is 4.74 Å². The Morgan fingerprint density at radius 3 is 2.38 bits per heavy atom. The van der Waals surface area contributed by atoms with Crippen LogP contribution in [0.4, 0.5) is 0 Å². The summed E-state index contributed by atoms with van der Waals surface area (Å²) in [6, 6.07) is 7.14. The molecule has 2 nitrogen and oxygen atoms in total. The second-order valence-electron chi connectivity index (χ2n) is 2.44. The van der Waals surface area contributed by atoms with E-state index in [-0.39, 0.29) is 0 Å². The molecule has 0 saturated carbocycles. The quantitative estimate of drug-likeness (QED) is 0.619. The number of methoxy groups -OCH3 is 1. The van der Waals surface area contributed by atoms with Crippen molar-refractivity contribution in [2.75, 3.05) is 7.11 Å². The van der Waals surface area contributed by atoms with Crippen LogP contribution in [-0.2, 0) is 4.79 Å². The Morgan fingerprint density at radius 2 is 2.00 bits per heavy atom. The monoisotopic (exact) mass is 262 g/mol. The first-order chi connectivity index (χ1) is 6.15. The molecule has 1 aromatic rings. The highest BCUT2D eigenvalue weighted by atomic mass is 79.9. The van der Waals surface area contributed by atoms with E-state index < -0.39 is 10.1 Å². The molecule has 0 aliphatic rings. The van der Waals surface area contributed by atoms with E-state index in [1.54, 1.807) is 31.4 Å². The number of ether oxygens (including phenoxy) is 1. The number of rotatable bonds is 3. The van der Waals surface area contributed by atoms with Crippen LogP contribution < -0.4 is 4.74 Å². The zero-order chi connectivity index (χ0) is 9.84. The smallest absolute Gasteiger partial charge is 0.239 e. The first kappa shape index (κ1) is 10.5. The van der Waals surface area contributed by atoms with Crippen LogP contribution in [0.3, 0.4) is 0 Å². The van der Waals surface area contributed by atoms with Crippen molar-refractivity contribution >= 4 is 32.8 Å². The van der Waals surface area contributed by atoms with Crippen molar-refractivity contribution < 1.29 is 9.53 Å². The molecule has 1 aromatic carbocycles. The SMILES string of the molecule is COc1ccc([C@@H](Br)C(=O)Cl)cc1. The van der Waals surface area contributed by atoms with E-state index in [4.69, 9.17) is 16.3 Å². The summed E-state index contributed by atoms with van der Waals surface area (Å²) in [7, 11) is 1.59. The van der Waals surface area contributed by atoms with E-state index in [2.05, 4.69) is 15.9 Å². The molecule has 0 bridgehead atoms. The van der Waals surface area contributed by atoms with Gasteiger partial charge in [-0.1, -0.05) is 28.1 Å². The Kier molecular flexibility index (Phi) is 3.75. The number of hydrogen-bond donors (Lipinski definition) is 0. The lowest BCUT2D eigenvalue weighted by Gasteiger charge is -2.05. The molecule has 0 N–H and O–H groups in total. The standard InChI is InChI=1S/C9H8BrClO2/c1-13-7-4-2-6(3-5-7)8(10)9(11)12/h2-5,8H,1H3/t8-/m1/s1. The Hall–Kier alpha value is -0.540. The number of carbonyl (C=O) groups is 1. The van der Waals surface area contributed by atoms with E-state index in [9.17, 15) is 4.79 Å². The highest BCUT2D eigenvalue weighted by Crippen LogP contribution is 2.26. The second kappa shape index (κ2) is 4.63. The number of carbonyl (C=O) groups excluding carboxylic acids is 1. The molecule has 0 amide bonds. The Labute approximate surface area is 90.0 Å². The summed E-state index contributed by atoms with van der Waals surface area (Å²) >= 11 is 8.49. The van der Waals surface area contributed by atoms with Crippen molar-refractivity contribution in [2.24, 2.45) is 0 Å². The summed E-state index contributed by atoms with van der Waals surface area (Å²) in [5.74, 6) is 0.755. The van der Waals surface area contributed by atoms with Crippen LogP contribution in [0, 0.1) is 0 Å². The van der Waals surface area contributed by atoms with Gasteiger partial charge in [0.05, 0.1) is 7.11 Å². The second-order valence-corrected chi connectivity index (χ2v) is 3.73. The maximum Gasteiger partial charge on any atom is 0.239 e. The summed E-state index contributed by atoms with van der Waals surface area (Å²) < 4.78 is 4.98. The van der Waals surface area contributed by atoms with Crippen LogP contribution in [0.5, 0.6) is 5.75 Å². The minimum absolute atomic E-state index is 0.426. The van der Waals surface area contributed by atoms with Gasteiger partial charge in [-0.2, -0.15) is 0 Å². The normalized spacial score (nSPS) is 12.2. The van der Waals surface area contributed by atoms with Gasteiger partial charge in [-0.25, -0.2) is 0 Å². The molecule has 0 aliphatic heterocycles. The third kappa shape index (κ3) is 2.71. The van der Waals surface area contributed by atoms with E-state index in [0.29, 0.717) is 0 Å². The molecular formula is C9H8BrClO2. The Bertz CT molecular complexity index is 297. The zero-order valence-corrected chi connectivity index (χ0v) is 9.30. The van der Waals surface area contributed by atoms with Crippen molar-refractivity contribution in [3.05, 3.63) is 29.8 Å². The molecule has 0 aliphatic carbocycles. The van der Waals surface area contributed by atoms with Gasteiger partial charge in [-0.05, 0) is 29.3 Å². The molecule has 0 unspecified atom stereocenters. The molecule has 13 heavy (non-hydrogen) atoms. The molecule has 70 valence electrons. The van der Waals surface area contributed by atoms with Gasteiger partial charge in [0.15, 0.2) is 0 Å². The van der Waals surface area contributed by atoms with Gasteiger partial charge in [-0.15, -0.1) is 0 Å². The van der Waals surface area contributed by atoms with Crippen molar-refractivity contribution in [1.29, 1.82) is 0 Å².